The molecule has 4 aromatic carbocycles. The van der Waals surface area contributed by atoms with Gasteiger partial charge >= 0.3 is 49.4 Å². The number of allylic oxidation sites excluding steroid dienone is 2. The van der Waals surface area contributed by atoms with Crippen molar-refractivity contribution >= 4 is 44.3 Å². The second-order valence-electron chi connectivity index (χ2n) is 29.0. The molecule has 0 spiro atoms. The summed E-state index contributed by atoms with van der Waals surface area (Å²) in [6.45, 7) is 26.8. The fourth-order valence-electron chi connectivity index (χ4n) is 10.9. The van der Waals surface area contributed by atoms with Crippen LogP contribution in [-0.4, -0.2) is 33.8 Å². The minimum atomic E-state index is -6.13. The van der Waals surface area contributed by atoms with Crippen molar-refractivity contribution in [3.05, 3.63) is 148 Å². The van der Waals surface area contributed by atoms with Gasteiger partial charge in [0.15, 0.2) is 16.3 Å². The maximum atomic E-state index is 14.2. The van der Waals surface area contributed by atoms with Crippen LogP contribution in [0.4, 0.5) is 105 Å². The van der Waals surface area contributed by atoms with Crippen LogP contribution in [0.15, 0.2) is 103 Å². The molecule has 1 radical (unpaired) electrons. The molecule has 0 fully saturated rings. The molecule has 3 nitrogen and oxygen atoms in total. The molecule has 102 heavy (non-hydrogen) atoms. The minimum Gasteiger partial charge on any atom is -0.333 e. The van der Waals surface area contributed by atoms with Crippen molar-refractivity contribution < 1.29 is 134 Å². The zero-order valence-corrected chi connectivity index (χ0v) is 61.6. The van der Waals surface area contributed by atoms with Crippen LogP contribution < -0.4 is 30.9 Å². The van der Waals surface area contributed by atoms with Crippen molar-refractivity contribution in [1.29, 1.82) is 0 Å². The summed E-state index contributed by atoms with van der Waals surface area (Å²) in [7, 11) is -2.00. The van der Waals surface area contributed by atoms with Gasteiger partial charge in [0.1, 0.15) is 16.5 Å². The van der Waals surface area contributed by atoms with E-state index in [0.717, 1.165) is 11.8 Å². The summed E-state index contributed by atoms with van der Waals surface area (Å²) in [5, 5.41) is 0.387. The van der Waals surface area contributed by atoms with E-state index in [1.54, 1.807) is 0 Å². The van der Waals surface area contributed by atoms with E-state index in [0.29, 0.717) is 0 Å². The van der Waals surface area contributed by atoms with Crippen LogP contribution in [0.25, 0.3) is 0 Å². The number of hydrogen-bond donors (Lipinski definition) is 0. The van der Waals surface area contributed by atoms with Crippen LogP contribution in [0, 0.1) is 22.7 Å². The molecule has 0 saturated carbocycles. The molecule has 0 saturated heterocycles. The summed E-state index contributed by atoms with van der Waals surface area (Å²) in [4.78, 5) is 4.81. The van der Waals surface area contributed by atoms with Gasteiger partial charge in [0.05, 0.1) is 56.8 Å². The molecular weight excluding hydrogens is 1530 g/mol. The van der Waals surface area contributed by atoms with E-state index in [1.807, 2.05) is 18.2 Å². The monoisotopic (exact) mass is 1610 g/mol. The van der Waals surface area contributed by atoms with Gasteiger partial charge in [-0.3, -0.25) is 0 Å². The molecule has 31 heteroatoms. The summed E-state index contributed by atoms with van der Waals surface area (Å²) < 4.78 is 354. The first-order valence-electron chi connectivity index (χ1n) is 32.2. The van der Waals surface area contributed by atoms with Gasteiger partial charge in [0.25, 0.3) is 11.8 Å². The third-order valence-electron chi connectivity index (χ3n) is 15.9. The summed E-state index contributed by atoms with van der Waals surface area (Å²) >= 11 is 0. The Kier molecular flexibility index (Phi) is 31.2. The van der Waals surface area contributed by atoms with Crippen LogP contribution in [-0.2, 0) is 68.9 Å². The first-order valence-corrected chi connectivity index (χ1v) is 35.5. The van der Waals surface area contributed by atoms with Crippen LogP contribution in [0.2, 0.25) is 0 Å². The molecule has 0 N–H and O–H groups in total. The average Bonchev–Trinajstić information content (AvgIpc) is 0.708. The van der Waals surface area contributed by atoms with Gasteiger partial charge in [-0.2, -0.15) is 132 Å². The maximum Gasteiger partial charge on any atom is 0.416 e. The Balaban J connectivity index is 0.000000501. The maximum absolute atomic E-state index is 14.2. The molecule has 2 atom stereocenters. The number of nitrogens with zero attached hydrogens (tertiary/aromatic N) is 1. The summed E-state index contributed by atoms with van der Waals surface area (Å²) in [5.41, 5.74) is -29.8. The Hall–Kier alpha value is -5.20. The largest absolute Gasteiger partial charge is 0.416 e. The standard InChI is InChI=1S/C32H12BF24.C27H49NO2P2.C12H20.Rh/c34-25(35,36)13-1-14(26(37,38)39)6-21(5-13)33(22-7-15(27(40,41)42)2-16(8-22)28(43,44)45,23-9-17(29(46,47)48)3-18(10-23)30(49,50)51)24-11-19(31(52,53)54)4-20(12-24)32(55,56)57;1-26(2,3)31-22-17-15-13-11-9-7-8-10-12-14-16-18-23-32(27(4,5)6)30-25-21-19-20-24(28-25)29-31;1-11(2,3)9-7-8-10-12(4,5)6;/h1-12H;19-21H,7-18,22-23H2,1-6H3;7,9H,1-6H3;/q-1;;;/p+2/b;;9-7+;. The summed E-state index contributed by atoms with van der Waals surface area (Å²) in [6.07, 6.45) is -31.9. The molecular formula is C71H83BF24NO2P2Rh+. The Bertz CT molecular complexity index is 3120. The van der Waals surface area contributed by atoms with Gasteiger partial charge in [0.2, 0.25) is 0 Å². The Morgan fingerprint density at radius 2 is 0.559 bits per heavy atom. The predicted molar refractivity (Wildman–Crippen MR) is 353 cm³/mol. The fraction of sp³-hybridized carbons (Fsp3) is 0.535. The Morgan fingerprint density at radius 3 is 0.745 bits per heavy atom. The molecule has 0 amide bonds. The number of fused-ring (bicyclic) bond motifs is 2. The number of pyridine rings is 1. The van der Waals surface area contributed by atoms with Gasteiger partial charge in [0, 0.05) is 37.0 Å². The normalized spacial score (nSPS) is 17.0. The molecule has 2 heterocycles. The number of hydrogen-bond acceptors (Lipinski definition) is 3. The zero-order chi connectivity index (χ0) is 77.2. The van der Waals surface area contributed by atoms with Gasteiger partial charge in [-0.25, -0.2) is 0 Å². The van der Waals surface area contributed by atoms with Gasteiger partial charge < -0.3 is 9.05 Å². The van der Waals surface area contributed by atoms with Gasteiger partial charge in [-0.15, -0.1) is 0 Å². The second-order valence-corrected chi connectivity index (χ2v) is 35.1. The fourth-order valence-corrected chi connectivity index (χ4v) is 15.1. The molecule has 6 rings (SSSR count). The topological polar surface area (TPSA) is 31.4 Å². The smallest absolute Gasteiger partial charge is 0.333 e. The van der Waals surface area contributed by atoms with Crippen molar-refractivity contribution in [2.24, 2.45) is 10.8 Å². The molecule has 2 unspecified atom stereocenters. The molecule has 0 aliphatic carbocycles. The van der Waals surface area contributed by atoms with Crippen LogP contribution >= 0.6 is 16.3 Å². The van der Waals surface area contributed by atoms with Crippen molar-refractivity contribution in [2.45, 2.75) is 220 Å². The molecule has 1 aliphatic heterocycles. The second kappa shape index (κ2) is 35.0. The SMILES string of the molecule is CC(C)(C)C#C/C=C/C(C)(C)C.CC(C)(C)[PH+]1CCCCCCCCCCCCCC[PH+](C(C)(C)C)Oc2cccc(n2)O1.FC(F)(F)c1cc([B-](c2cc(C(F)(F)F)cc(C(F)(F)F)c2)(c2cc(C(F)(F)F)cc(C(F)(F)F)c2)c2cc(C(F)(F)F)cc(C(F)(F)F)c2)cc(C(F)(F)F)c1.[Rh]. The number of aromatic nitrogens is 1. The predicted octanol–water partition coefficient (Wildman–Crippen LogP) is 24.2. The van der Waals surface area contributed by atoms with E-state index < -0.39 is 211 Å². The first kappa shape index (κ1) is 91.0. The van der Waals surface area contributed by atoms with Crippen LogP contribution in [0.1, 0.15) is 205 Å². The van der Waals surface area contributed by atoms with E-state index in [-0.39, 0.29) is 40.6 Å². The summed E-state index contributed by atoms with van der Waals surface area (Å²) in [5.74, 6) is 7.72. The quantitative estimate of drug-likeness (QED) is 0.0778. The van der Waals surface area contributed by atoms with Crippen molar-refractivity contribution in [3.8, 4) is 23.6 Å². The van der Waals surface area contributed by atoms with E-state index in [4.69, 9.17) is 14.0 Å². The van der Waals surface area contributed by atoms with Crippen LogP contribution in [0.5, 0.6) is 11.8 Å². The van der Waals surface area contributed by atoms with Gasteiger partial charge in [-0.1, -0.05) is 145 Å². The zero-order valence-electron chi connectivity index (χ0n) is 58.0. The minimum absolute atomic E-state index is 0. The summed E-state index contributed by atoms with van der Waals surface area (Å²) in [6, 6.07) is -2.73. The van der Waals surface area contributed by atoms with E-state index in [2.05, 4.69) is 107 Å². The van der Waals surface area contributed by atoms with Crippen molar-refractivity contribution in [3.63, 3.8) is 0 Å². The molecule has 5 aromatic rings. The van der Waals surface area contributed by atoms with E-state index in [9.17, 15) is 105 Å². The molecule has 2 bridgehead atoms. The number of benzene rings is 4. The Labute approximate surface area is 594 Å². The third-order valence-corrected chi connectivity index (χ3v) is 21.8. The average molecular weight is 1610 g/mol. The number of rotatable bonds is 4. The number of alkyl halides is 24. The van der Waals surface area contributed by atoms with E-state index in [1.165, 1.54) is 89.4 Å². The molecule has 1 aromatic heterocycles. The molecule has 573 valence electrons. The Morgan fingerprint density at radius 1 is 0.343 bits per heavy atom. The molecule has 1 aliphatic rings. The van der Waals surface area contributed by atoms with Crippen LogP contribution in [0.3, 0.4) is 0 Å². The third kappa shape index (κ3) is 28.6. The number of halogens is 24. The van der Waals surface area contributed by atoms with E-state index >= 15 is 0 Å². The van der Waals surface area contributed by atoms with Crippen molar-refractivity contribution in [1.82, 2.24) is 4.98 Å². The van der Waals surface area contributed by atoms with Crippen molar-refractivity contribution in [2.75, 3.05) is 12.3 Å². The van der Waals surface area contributed by atoms with Gasteiger partial charge in [-0.05, 0) is 124 Å². The first-order chi connectivity index (χ1) is 45.6.